The van der Waals surface area contributed by atoms with E-state index in [0.717, 1.165) is 10.9 Å². The quantitative estimate of drug-likeness (QED) is 0.415. The number of nitrogens with zero attached hydrogens (tertiary/aromatic N) is 1. The molecule has 1 aromatic heterocycles. The number of halogens is 1. The molecule has 0 amide bonds. The van der Waals surface area contributed by atoms with Crippen molar-refractivity contribution in [2.75, 3.05) is 5.43 Å². The Kier molecular flexibility index (Phi) is 2.04. The van der Waals surface area contributed by atoms with E-state index >= 15 is 0 Å². The van der Waals surface area contributed by atoms with Crippen LogP contribution in [0, 0.1) is 0 Å². The van der Waals surface area contributed by atoms with Crippen LogP contribution in [0.25, 0.3) is 10.9 Å². The van der Waals surface area contributed by atoms with E-state index in [-0.39, 0.29) is 0 Å². The summed E-state index contributed by atoms with van der Waals surface area (Å²) in [5.74, 6) is 5.27. The molecule has 0 aliphatic heterocycles. The second kappa shape index (κ2) is 3.20. The third-order valence-electron chi connectivity index (χ3n) is 1.83. The van der Waals surface area contributed by atoms with Crippen LogP contribution in [0.2, 0.25) is 5.15 Å². The molecule has 3 nitrogen and oxygen atoms in total. The van der Waals surface area contributed by atoms with Gasteiger partial charge >= 0.3 is 0 Å². The van der Waals surface area contributed by atoms with Gasteiger partial charge in [0, 0.05) is 5.39 Å². The predicted octanol–water partition coefficient (Wildman–Crippen LogP) is 2.17. The minimum absolute atomic E-state index is 0.390. The van der Waals surface area contributed by atoms with Gasteiger partial charge < -0.3 is 5.43 Å². The van der Waals surface area contributed by atoms with Gasteiger partial charge in [0.1, 0.15) is 0 Å². The van der Waals surface area contributed by atoms with Crippen molar-refractivity contribution in [3.63, 3.8) is 0 Å². The molecule has 0 spiro atoms. The first-order chi connectivity index (χ1) is 6.31. The van der Waals surface area contributed by atoms with Crippen molar-refractivity contribution < 1.29 is 0 Å². The molecule has 1 heterocycles. The first kappa shape index (κ1) is 8.29. The summed E-state index contributed by atoms with van der Waals surface area (Å²) in [5, 5.41) is 1.40. The highest BCUT2D eigenvalue weighted by Crippen LogP contribution is 2.23. The van der Waals surface area contributed by atoms with Crippen LogP contribution in [0.1, 0.15) is 0 Å². The summed E-state index contributed by atoms with van der Waals surface area (Å²) in [6.07, 6.45) is 0. The Morgan fingerprint density at radius 3 is 2.85 bits per heavy atom. The minimum Gasteiger partial charge on any atom is -0.321 e. The zero-order chi connectivity index (χ0) is 9.26. The molecule has 0 aliphatic carbocycles. The molecule has 0 unspecified atom stereocenters. The lowest BCUT2D eigenvalue weighted by atomic mass is 10.2. The fourth-order valence-corrected chi connectivity index (χ4v) is 1.39. The van der Waals surface area contributed by atoms with Gasteiger partial charge in [-0.1, -0.05) is 29.8 Å². The van der Waals surface area contributed by atoms with Crippen molar-refractivity contribution in [1.82, 2.24) is 4.98 Å². The van der Waals surface area contributed by atoms with Crippen LogP contribution in [0.4, 0.5) is 5.69 Å². The molecule has 2 rings (SSSR count). The van der Waals surface area contributed by atoms with E-state index in [1.54, 1.807) is 0 Å². The van der Waals surface area contributed by atoms with E-state index in [0.29, 0.717) is 10.8 Å². The Morgan fingerprint density at radius 2 is 2.08 bits per heavy atom. The Morgan fingerprint density at radius 1 is 1.31 bits per heavy atom. The summed E-state index contributed by atoms with van der Waals surface area (Å²) < 4.78 is 0. The molecule has 0 radical (unpaired) electrons. The molecule has 4 heteroatoms. The van der Waals surface area contributed by atoms with Gasteiger partial charge in [-0.15, -0.1) is 0 Å². The van der Waals surface area contributed by atoms with E-state index in [2.05, 4.69) is 10.4 Å². The van der Waals surface area contributed by atoms with Crippen LogP contribution in [-0.4, -0.2) is 4.98 Å². The summed E-state index contributed by atoms with van der Waals surface area (Å²) in [4.78, 5) is 4.17. The van der Waals surface area contributed by atoms with Crippen LogP contribution in [0.3, 0.4) is 0 Å². The largest absolute Gasteiger partial charge is 0.321 e. The number of para-hydroxylation sites is 1. The van der Waals surface area contributed by atoms with Gasteiger partial charge in [-0.3, -0.25) is 5.84 Å². The smallest absolute Gasteiger partial charge is 0.154 e. The number of rotatable bonds is 1. The third-order valence-corrected chi connectivity index (χ3v) is 2.12. The maximum absolute atomic E-state index is 5.85. The fraction of sp³-hybridized carbons (Fsp3) is 0. The van der Waals surface area contributed by atoms with E-state index < -0.39 is 0 Å². The number of benzene rings is 1. The van der Waals surface area contributed by atoms with Gasteiger partial charge in [0.25, 0.3) is 0 Å². The number of anilines is 1. The lowest BCUT2D eigenvalue weighted by molar-refractivity contribution is 1.31. The molecule has 0 atom stereocenters. The van der Waals surface area contributed by atoms with Crippen molar-refractivity contribution in [2.24, 2.45) is 5.84 Å². The fourth-order valence-electron chi connectivity index (χ4n) is 1.19. The van der Waals surface area contributed by atoms with Crippen molar-refractivity contribution in [1.29, 1.82) is 0 Å². The van der Waals surface area contributed by atoms with E-state index in [9.17, 15) is 0 Å². The summed E-state index contributed by atoms with van der Waals surface area (Å²) in [5.41, 5.74) is 4.00. The first-order valence-electron chi connectivity index (χ1n) is 3.83. The molecule has 66 valence electrons. The highest BCUT2D eigenvalue weighted by Gasteiger charge is 2.01. The normalized spacial score (nSPS) is 10.3. The minimum atomic E-state index is 0.390. The molecule has 3 N–H and O–H groups in total. The molecule has 0 aliphatic rings. The Bertz CT molecular complexity index is 442. The lowest BCUT2D eigenvalue weighted by Crippen LogP contribution is -2.07. The number of nitrogen functional groups attached to an aromatic ring is 1. The number of hydrazine groups is 1. The highest BCUT2D eigenvalue weighted by molar-refractivity contribution is 6.32. The number of fused-ring (bicyclic) bond motifs is 1. The average Bonchev–Trinajstić information content (AvgIpc) is 2.17. The van der Waals surface area contributed by atoms with Crippen molar-refractivity contribution in [2.45, 2.75) is 0 Å². The summed E-state index contributed by atoms with van der Waals surface area (Å²) in [7, 11) is 0. The highest BCUT2D eigenvalue weighted by atomic mass is 35.5. The van der Waals surface area contributed by atoms with Crippen LogP contribution in [0.5, 0.6) is 0 Å². The number of hydrogen-bond acceptors (Lipinski definition) is 3. The number of hydrogen-bond donors (Lipinski definition) is 2. The van der Waals surface area contributed by atoms with Gasteiger partial charge in [0.05, 0.1) is 11.2 Å². The van der Waals surface area contributed by atoms with Gasteiger partial charge in [-0.2, -0.15) is 0 Å². The molecule has 2 aromatic rings. The third kappa shape index (κ3) is 1.43. The Hall–Kier alpha value is -1.32. The second-order valence-corrected chi connectivity index (χ2v) is 3.02. The van der Waals surface area contributed by atoms with Gasteiger partial charge in [0.2, 0.25) is 0 Å². The Balaban J connectivity index is 2.74. The molecule has 0 saturated carbocycles. The predicted molar refractivity (Wildman–Crippen MR) is 54.6 cm³/mol. The SMILES string of the molecule is NNc1cc2ccccc2nc1Cl. The van der Waals surface area contributed by atoms with Crippen molar-refractivity contribution in [3.05, 3.63) is 35.5 Å². The first-order valence-corrected chi connectivity index (χ1v) is 4.21. The lowest BCUT2D eigenvalue weighted by Gasteiger charge is -2.03. The maximum atomic E-state index is 5.85. The zero-order valence-corrected chi connectivity index (χ0v) is 7.55. The summed E-state index contributed by atoms with van der Waals surface area (Å²) in [6.45, 7) is 0. The molecule has 0 bridgehead atoms. The molecule has 0 fully saturated rings. The van der Waals surface area contributed by atoms with Crippen molar-refractivity contribution >= 4 is 28.2 Å². The molecular formula is C9H8ClN3. The number of pyridine rings is 1. The van der Waals surface area contributed by atoms with Crippen molar-refractivity contribution in [3.8, 4) is 0 Å². The van der Waals surface area contributed by atoms with E-state index in [4.69, 9.17) is 17.4 Å². The van der Waals surface area contributed by atoms with E-state index in [1.807, 2.05) is 30.3 Å². The van der Waals surface area contributed by atoms with E-state index in [1.165, 1.54) is 0 Å². The summed E-state index contributed by atoms with van der Waals surface area (Å²) in [6, 6.07) is 9.59. The van der Waals surface area contributed by atoms with Crippen LogP contribution < -0.4 is 11.3 Å². The molecular weight excluding hydrogens is 186 g/mol. The molecule has 13 heavy (non-hydrogen) atoms. The number of nitrogens with one attached hydrogen (secondary N) is 1. The standard InChI is InChI=1S/C9H8ClN3/c10-9-8(13-11)5-6-3-1-2-4-7(6)12-9/h1-5,13H,11H2. The van der Waals surface area contributed by atoms with Gasteiger partial charge in [-0.25, -0.2) is 4.98 Å². The summed E-state index contributed by atoms with van der Waals surface area (Å²) >= 11 is 5.85. The number of aromatic nitrogens is 1. The monoisotopic (exact) mass is 193 g/mol. The van der Waals surface area contributed by atoms with Crippen LogP contribution in [-0.2, 0) is 0 Å². The Labute approximate surface area is 80.5 Å². The van der Waals surface area contributed by atoms with Gasteiger partial charge in [-0.05, 0) is 12.1 Å². The maximum Gasteiger partial charge on any atom is 0.154 e. The number of nitrogens with two attached hydrogens (primary N) is 1. The molecule has 0 saturated heterocycles. The molecule has 1 aromatic carbocycles. The topological polar surface area (TPSA) is 50.9 Å². The van der Waals surface area contributed by atoms with Crippen LogP contribution in [0.15, 0.2) is 30.3 Å². The van der Waals surface area contributed by atoms with Crippen LogP contribution >= 0.6 is 11.6 Å². The average molecular weight is 194 g/mol. The van der Waals surface area contributed by atoms with Gasteiger partial charge in [0.15, 0.2) is 5.15 Å². The second-order valence-electron chi connectivity index (χ2n) is 2.66. The zero-order valence-electron chi connectivity index (χ0n) is 6.79.